The molecule has 0 saturated carbocycles. The van der Waals surface area contributed by atoms with Crippen molar-refractivity contribution in [2.24, 2.45) is 5.92 Å². The van der Waals surface area contributed by atoms with Crippen molar-refractivity contribution in [3.63, 3.8) is 0 Å². The van der Waals surface area contributed by atoms with Crippen LogP contribution in [-0.2, 0) is 15.2 Å². The van der Waals surface area contributed by atoms with E-state index in [1.807, 2.05) is 30.0 Å². The van der Waals surface area contributed by atoms with Crippen LogP contribution in [0.1, 0.15) is 84.6 Å². The van der Waals surface area contributed by atoms with Gasteiger partial charge in [0.05, 0.1) is 5.69 Å². The molecule has 0 aromatic heterocycles. The van der Waals surface area contributed by atoms with Gasteiger partial charge in [-0.1, -0.05) is 55.2 Å². The minimum Gasteiger partial charge on any atom is -0.396 e. The van der Waals surface area contributed by atoms with Crippen molar-refractivity contribution < 1.29 is 19.8 Å². The van der Waals surface area contributed by atoms with Crippen molar-refractivity contribution in [3.8, 4) is 0 Å². The number of rotatable bonds is 10. The van der Waals surface area contributed by atoms with E-state index in [1.54, 1.807) is 17.1 Å². The summed E-state index contributed by atoms with van der Waals surface area (Å²) < 4.78 is 0. The van der Waals surface area contributed by atoms with E-state index in [0.717, 1.165) is 44.2 Å². The molecule has 1 aromatic carbocycles. The molecule has 1 saturated heterocycles. The number of carbonyl (C=O) groups excluding carboxylic acids is 2. The minimum absolute atomic E-state index is 0.0103. The van der Waals surface area contributed by atoms with Gasteiger partial charge in [0.25, 0.3) is 5.91 Å². The summed E-state index contributed by atoms with van der Waals surface area (Å²) in [4.78, 5) is 30.2. The summed E-state index contributed by atoms with van der Waals surface area (Å²) >= 11 is 0. The second-order valence-electron chi connectivity index (χ2n) is 10.7. The average molecular weight is 509 g/mol. The number of hydrogen-bond acceptors (Lipinski definition) is 4. The molecule has 2 N–H and O–H groups in total. The molecule has 2 aliphatic rings. The van der Waals surface area contributed by atoms with Crippen molar-refractivity contribution in [2.75, 3.05) is 29.5 Å². The lowest BCUT2D eigenvalue weighted by Crippen LogP contribution is -2.44. The van der Waals surface area contributed by atoms with Crippen LogP contribution < -0.4 is 9.80 Å². The molecular formula is C31H44N2O4. The molecule has 202 valence electrons. The van der Waals surface area contributed by atoms with Gasteiger partial charge in [0.2, 0.25) is 5.91 Å². The molecule has 6 nitrogen and oxygen atoms in total. The highest BCUT2D eigenvalue weighted by Crippen LogP contribution is 2.46. The lowest BCUT2D eigenvalue weighted by Gasteiger charge is -2.29. The third-order valence-corrected chi connectivity index (χ3v) is 7.48. The Labute approximate surface area is 222 Å². The van der Waals surface area contributed by atoms with Gasteiger partial charge >= 0.3 is 0 Å². The molecule has 37 heavy (non-hydrogen) atoms. The van der Waals surface area contributed by atoms with Gasteiger partial charge < -0.3 is 20.0 Å². The maximum absolute atomic E-state index is 13.8. The monoisotopic (exact) mass is 508 g/mol. The minimum atomic E-state index is -1.74. The van der Waals surface area contributed by atoms with Gasteiger partial charge in [-0.2, -0.15) is 0 Å². The molecule has 3 rings (SSSR count). The molecular weight excluding hydrogens is 464 g/mol. The standard InChI is InChI=1S/C31H44N2O4/c1-23(2)12-11-13-24(3)18-20-33-28-17-16-26(32-19-9-6-5-7-15-29(32)35)22-27(28)31(37,30(33)36)25(4)14-8-10-21-34/h8,12,14,16-18,22,25,34,37H,5-7,9-11,13,15,19-21H2,1-4H3/b14-8+,24-18+/t25-,31+/m1/s1. The predicted octanol–water partition coefficient (Wildman–Crippen LogP) is 5.79. The Hall–Kier alpha value is -2.70. The Morgan fingerprint density at radius 1 is 1.08 bits per heavy atom. The summed E-state index contributed by atoms with van der Waals surface area (Å²) in [6.45, 7) is 9.11. The summed E-state index contributed by atoms with van der Waals surface area (Å²) in [7, 11) is 0. The van der Waals surface area contributed by atoms with Crippen LogP contribution in [-0.4, -0.2) is 41.7 Å². The van der Waals surface area contributed by atoms with E-state index in [2.05, 4.69) is 32.9 Å². The topological polar surface area (TPSA) is 81.1 Å². The van der Waals surface area contributed by atoms with Crippen LogP contribution in [0.4, 0.5) is 11.4 Å². The lowest BCUT2D eigenvalue weighted by molar-refractivity contribution is -0.139. The normalized spacial score (nSPS) is 21.7. The molecule has 1 fully saturated rings. The van der Waals surface area contributed by atoms with Gasteiger partial charge in [-0.25, -0.2) is 0 Å². The average Bonchev–Trinajstić information content (AvgIpc) is 3.07. The molecule has 2 aliphatic heterocycles. The number of hydrogen-bond donors (Lipinski definition) is 2. The largest absolute Gasteiger partial charge is 0.396 e. The fraction of sp³-hybridized carbons (Fsp3) is 0.548. The maximum Gasteiger partial charge on any atom is 0.264 e. The predicted molar refractivity (Wildman–Crippen MR) is 151 cm³/mol. The van der Waals surface area contributed by atoms with Crippen LogP contribution in [0.5, 0.6) is 0 Å². The number of allylic oxidation sites excluding steroid dienone is 3. The van der Waals surface area contributed by atoms with Crippen molar-refractivity contribution in [1.29, 1.82) is 0 Å². The summed E-state index contributed by atoms with van der Waals surface area (Å²) in [6, 6.07) is 5.62. The van der Waals surface area contributed by atoms with Crippen LogP contribution in [0.15, 0.2) is 53.6 Å². The number of nitrogens with zero attached hydrogens (tertiary/aromatic N) is 2. The van der Waals surface area contributed by atoms with Crippen LogP contribution in [0.25, 0.3) is 0 Å². The highest BCUT2D eigenvalue weighted by molar-refractivity contribution is 6.08. The SMILES string of the molecule is CC(C)=CCC/C(C)=C/CN1C(=O)[C@](O)([C@H](C)/C=C/CCO)c2cc(N3CCCCCCC3=O)ccc21. The van der Waals surface area contributed by atoms with Gasteiger partial charge in [0.15, 0.2) is 5.60 Å². The molecule has 0 bridgehead atoms. The molecule has 2 amide bonds. The Morgan fingerprint density at radius 2 is 1.84 bits per heavy atom. The zero-order valence-corrected chi connectivity index (χ0v) is 23.0. The molecule has 0 unspecified atom stereocenters. The van der Waals surface area contributed by atoms with Crippen LogP contribution in [0.3, 0.4) is 0 Å². The van der Waals surface area contributed by atoms with E-state index < -0.39 is 11.5 Å². The van der Waals surface area contributed by atoms with Gasteiger partial charge in [0.1, 0.15) is 0 Å². The fourth-order valence-corrected chi connectivity index (χ4v) is 5.17. The van der Waals surface area contributed by atoms with Crippen molar-refractivity contribution >= 4 is 23.2 Å². The first-order valence-corrected chi connectivity index (χ1v) is 13.8. The first kappa shape index (κ1) is 28.9. The number of benzene rings is 1. The van der Waals surface area contributed by atoms with E-state index in [1.165, 1.54) is 11.1 Å². The van der Waals surface area contributed by atoms with Crippen LogP contribution >= 0.6 is 0 Å². The van der Waals surface area contributed by atoms with Gasteiger partial charge in [-0.05, 0) is 71.1 Å². The highest BCUT2D eigenvalue weighted by atomic mass is 16.3. The number of anilines is 2. The second-order valence-corrected chi connectivity index (χ2v) is 10.7. The summed E-state index contributed by atoms with van der Waals surface area (Å²) in [5.41, 5.74) is 2.71. The van der Waals surface area contributed by atoms with E-state index in [4.69, 9.17) is 0 Å². The van der Waals surface area contributed by atoms with Gasteiger partial charge in [0, 0.05) is 43.3 Å². The number of aliphatic hydroxyl groups is 2. The van der Waals surface area contributed by atoms with E-state index in [-0.39, 0.29) is 18.4 Å². The summed E-state index contributed by atoms with van der Waals surface area (Å²) in [5.74, 6) is -0.764. The number of aliphatic hydroxyl groups excluding tert-OH is 1. The quantitative estimate of drug-likeness (QED) is 0.392. The lowest BCUT2D eigenvalue weighted by atomic mass is 9.82. The first-order valence-electron chi connectivity index (χ1n) is 13.8. The molecule has 0 spiro atoms. The van der Waals surface area contributed by atoms with E-state index in [0.29, 0.717) is 37.2 Å². The summed E-state index contributed by atoms with van der Waals surface area (Å²) in [6.07, 6.45) is 14.7. The smallest absolute Gasteiger partial charge is 0.264 e. The molecule has 1 aromatic rings. The van der Waals surface area contributed by atoms with Crippen LogP contribution in [0.2, 0.25) is 0 Å². The molecule has 2 heterocycles. The molecule has 2 atom stereocenters. The van der Waals surface area contributed by atoms with Gasteiger partial charge in [-0.15, -0.1) is 0 Å². The van der Waals surface area contributed by atoms with Crippen LogP contribution in [0, 0.1) is 5.92 Å². The third-order valence-electron chi connectivity index (χ3n) is 7.48. The zero-order valence-electron chi connectivity index (χ0n) is 23.0. The number of amides is 2. The van der Waals surface area contributed by atoms with E-state index >= 15 is 0 Å². The third kappa shape index (κ3) is 6.79. The molecule has 0 radical (unpaired) electrons. The van der Waals surface area contributed by atoms with Crippen molar-refractivity contribution in [1.82, 2.24) is 0 Å². The van der Waals surface area contributed by atoms with Gasteiger partial charge in [-0.3, -0.25) is 9.59 Å². The summed E-state index contributed by atoms with van der Waals surface area (Å²) in [5, 5.41) is 21.2. The fourth-order valence-electron chi connectivity index (χ4n) is 5.17. The maximum atomic E-state index is 13.8. The Balaban J connectivity index is 1.97. The Morgan fingerprint density at radius 3 is 2.57 bits per heavy atom. The molecule has 0 aliphatic carbocycles. The van der Waals surface area contributed by atoms with Crippen molar-refractivity contribution in [3.05, 3.63) is 59.2 Å². The second kappa shape index (κ2) is 13.2. The van der Waals surface area contributed by atoms with E-state index in [9.17, 15) is 19.8 Å². The number of carbonyl (C=O) groups is 2. The zero-order chi connectivity index (χ0) is 27.0. The Kier molecular flexibility index (Phi) is 10.3. The Bertz CT molecular complexity index is 1050. The highest BCUT2D eigenvalue weighted by Gasteiger charge is 2.52. The molecule has 6 heteroatoms. The number of fused-ring (bicyclic) bond motifs is 1. The van der Waals surface area contributed by atoms with Crippen molar-refractivity contribution in [2.45, 2.75) is 84.7 Å². The first-order chi connectivity index (χ1) is 17.7.